The van der Waals surface area contributed by atoms with Gasteiger partial charge in [-0.1, -0.05) is 39.0 Å². The van der Waals surface area contributed by atoms with Crippen LogP contribution in [0.4, 0.5) is 0 Å². The van der Waals surface area contributed by atoms with Crippen molar-refractivity contribution in [2.45, 2.75) is 65.2 Å². The summed E-state index contributed by atoms with van der Waals surface area (Å²) in [6.45, 7) is 4.41. The standard InChI is InChI=1S/C15H26O3/c1-3-5-6-7-8-9-10-14(16)12-11-13(12)15(17)18-4-2/h12-13H,3-11H2,1-2H3. The molecule has 0 aromatic rings. The van der Waals surface area contributed by atoms with Gasteiger partial charge >= 0.3 is 5.97 Å². The molecule has 1 saturated carbocycles. The van der Waals surface area contributed by atoms with E-state index in [0.29, 0.717) is 19.4 Å². The van der Waals surface area contributed by atoms with Gasteiger partial charge in [0.15, 0.2) is 0 Å². The molecule has 0 N–H and O–H groups in total. The van der Waals surface area contributed by atoms with E-state index in [-0.39, 0.29) is 23.6 Å². The van der Waals surface area contributed by atoms with Gasteiger partial charge in [-0.25, -0.2) is 0 Å². The van der Waals surface area contributed by atoms with Gasteiger partial charge in [0.1, 0.15) is 5.78 Å². The summed E-state index contributed by atoms with van der Waals surface area (Å²) in [5.41, 5.74) is 0. The molecule has 0 aromatic carbocycles. The van der Waals surface area contributed by atoms with Crippen molar-refractivity contribution in [3.05, 3.63) is 0 Å². The first-order valence-corrected chi connectivity index (χ1v) is 7.40. The van der Waals surface area contributed by atoms with E-state index in [1.54, 1.807) is 6.92 Å². The lowest BCUT2D eigenvalue weighted by Gasteiger charge is -2.02. The van der Waals surface area contributed by atoms with E-state index in [0.717, 1.165) is 12.8 Å². The minimum Gasteiger partial charge on any atom is -0.466 e. The highest BCUT2D eigenvalue weighted by Crippen LogP contribution is 2.41. The lowest BCUT2D eigenvalue weighted by molar-refractivity contribution is -0.145. The van der Waals surface area contributed by atoms with Gasteiger partial charge in [-0.15, -0.1) is 0 Å². The molecular formula is C15H26O3. The maximum atomic E-state index is 11.8. The first-order valence-electron chi connectivity index (χ1n) is 7.40. The van der Waals surface area contributed by atoms with Crippen LogP contribution in [0.5, 0.6) is 0 Å². The normalized spacial score (nSPS) is 21.7. The first-order chi connectivity index (χ1) is 8.70. The molecule has 1 rings (SSSR count). The third kappa shape index (κ3) is 5.19. The highest BCUT2D eigenvalue weighted by molar-refractivity contribution is 5.91. The number of ketones is 1. The van der Waals surface area contributed by atoms with Crippen molar-refractivity contribution in [3.8, 4) is 0 Å². The molecule has 0 spiro atoms. The Morgan fingerprint density at radius 1 is 1.00 bits per heavy atom. The van der Waals surface area contributed by atoms with E-state index < -0.39 is 0 Å². The van der Waals surface area contributed by atoms with Crippen molar-refractivity contribution in [1.29, 1.82) is 0 Å². The van der Waals surface area contributed by atoms with E-state index in [4.69, 9.17) is 4.74 Å². The van der Waals surface area contributed by atoms with Crippen LogP contribution in [0.3, 0.4) is 0 Å². The van der Waals surface area contributed by atoms with Crippen LogP contribution in [-0.2, 0) is 14.3 Å². The summed E-state index contributed by atoms with van der Waals surface area (Å²) < 4.78 is 4.92. The fourth-order valence-corrected chi connectivity index (χ4v) is 2.33. The molecule has 1 aliphatic carbocycles. The Morgan fingerprint density at radius 2 is 1.67 bits per heavy atom. The highest BCUT2D eigenvalue weighted by Gasteiger charge is 2.48. The molecule has 0 amide bonds. The molecule has 0 saturated heterocycles. The predicted octanol–water partition coefficient (Wildman–Crippen LogP) is 3.51. The Hall–Kier alpha value is -0.860. The summed E-state index contributed by atoms with van der Waals surface area (Å²) in [5, 5.41) is 0. The van der Waals surface area contributed by atoms with Gasteiger partial charge in [0.25, 0.3) is 0 Å². The van der Waals surface area contributed by atoms with Gasteiger partial charge in [0.2, 0.25) is 0 Å². The molecule has 3 nitrogen and oxygen atoms in total. The molecule has 0 bridgehead atoms. The second-order valence-corrected chi connectivity index (χ2v) is 5.18. The second-order valence-electron chi connectivity index (χ2n) is 5.18. The molecule has 0 aliphatic heterocycles. The maximum absolute atomic E-state index is 11.8. The molecule has 0 heterocycles. The zero-order valence-electron chi connectivity index (χ0n) is 11.7. The Balaban J connectivity index is 2.03. The van der Waals surface area contributed by atoms with E-state index in [1.165, 1.54) is 25.7 Å². The summed E-state index contributed by atoms with van der Waals surface area (Å²) in [7, 11) is 0. The summed E-state index contributed by atoms with van der Waals surface area (Å²) in [5.74, 6) is -0.0698. The lowest BCUT2D eigenvalue weighted by Crippen LogP contribution is -2.11. The molecule has 2 atom stereocenters. The van der Waals surface area contributed by atoms with E-state index in [1.807, 2.05) is 0 Å². The van der Waals surface area contributed by atoms with Gasteiger partial charge in [-0.05, 0) is 19.8 Å². The number of carbonyl (C=O) groups is 2. The van der Waals surface area contributed by atoms with Gasteiger partial charge < -0.3 is 4.74 Å². The van der Waals surface area contributed by atoms with Crippen LogP contribution in [-0.4, -0.2) is 18.4 Å². The van der Waals surface area contributed by atoms with Crippen LogP contribution in [0.1, 0.15) is 65.2 Å². The zero-order valence-corrected chi connectivity index (χ0v) is 11.7. The Bertz CT molecular complexity index is 273. The second kappa shape index (κ2) is 8.28. The Morgan fingerprint density at radius 3 is 2.33 bits per heavy atom. The monoisotopic (exact) mass is 254 g/mol. The van der Waals surface area contributed by atoms with Gasteiger partial charge in [-0.3, -0.25) is 9.59 Å². The lowest BCUT2D eigenvalue weighted by atomic mass is 10.1. The van der Waals surface area contributed by atoms with Crippen molar-refractivity contribution in [2.24, 2.45) is 11.8 Å². The van der Waals surface area contributed by atoms with Crippen molar-refractivity contribution in [2.75, 3.05) is 6.61 Å². The van der Waals surface area contributed by atoms with Crippen LogP contribution in [0.15, 0.2) is 0 Å². The fraction of sp³-hybridized carbons (Fsp3) is 0.867. The quantitative estimate of drug-likeness (QED) is 0.442. The first kappa shape index (κ1) is 15.2. The molecule has 2 unspecified atom stereocenters. The van der Waals surface area contributed by atoms with Gasteiger partial charge in [0, 0.05) is 12.3 Å². The van der Waals surface area contributed by atoms with Crippen LogP contribution < -0.4 is 0 Å². The fourth-order valence-electron chi connectivity index (χ4n) is 2.33. The van der Waals surface area contributed by atoms with Crippen LogP contribution in [0.2, 0.25) is 0 Å². The molecule has 1 fully saturated rings. The molecule has 1 aliphatic rings. The van der Waals surface area contributed by atoms with E-state index in [9.17, 15) is 9.59 Å². The molecular weight excluding hydrogens is 228 g/mol. The molecule has 18 heavy (non-hydrogen) atoms. The predicted molar refractivity (Wildman–Crippen MR) is 71.2 cm³/mol. The molecule has 0 radical (unpaired) electrons. The van der Waals surface area contributed by atoms with E-state index in [2.05, 4.69) is 6.92 Å². The number of ether oxygens (including phenoxy) is 1. The van der Waals surface area contributed by atoms with Crippen LogP contribution in [0, 0.1) is 11.8 Å². The Labute approximate surface area is 110 Å². The average molecular weight is 254 g/mol. The van der Waals surface area contributed by atoms with Gasteiger partial charge in [0.05, 0.1) is 12.5 Å². The maximum Gasteiger partial charge on any atom is 0.309 e. The van der Waals surface area contributed by atoms with Crippen LogP contribution in [0.25, 0.3) is 0 Å². The number of esters is 1. The van der Waals surface area contributed by atoms with E-state index >= 15 is 0 Å². The molecule has 104 valence electrons. The number of hydrogen-bond donors (Lipinski definition) is 0. The number of rotatable bonds is 10. The third-order valence-corrected chi connectivity index (χ3v) is 3.57. The number of hydrogen-bond acceptors (Lipinski definition) is 3. The SMILES string of the molecule is CCCCCCCCC(=O)C1CC1C(=O)OCC. The summed E-state index contributed by atoms with van der Waals surface area (Å²) >= 11 is 0. The third-order valence-electron chi connectivity index (χ3n) is 3.57. The minimum atomic E-state index is -0.182. The summed E-state index contributed by atoms with van der Waals surface area (Å²) in [6, 6.07) is 0. The number of Topliss-reactive ketones (excluding diaryl/α,β-unsaturated/α-hetero) is 1. The zero-order chi connectivity index (χ0) is 13.4. The summed E-state index contributed by atoms with van der Waals surface area (Å²) in [6.07, 6.45) is 8.54. The highest BCUT2D eigenvalue weighted by atomic mass is 16.5. The number of carbonyl (C=O) groups excluding carboxylic acids is 2. The molecule has 3 heteroatoms. The van der Waals surface area contributed by atoms with Crippen molar-refractivity contribution < 1.29 is 14.3 Å². The van der Waals surface area contributed by atoms with Gasteiger partial charge in [-0.2, -0.15) is 0 Å². The minimum absolute atomic E-state index is 0.0281. The largest absolute Gasteiger partial charge is 0.466 e. The topological polar surface area (TPSA) is 43.4 Å². The van der Waals surface area contributed by atoms with Crippen molar-refractivity contribution in [1.82, 2.24) is 0 Å². The average Bonchev–Trinajstić information content (AvgIpc) is 3.14. The number of unbranched alkanes of at least 4 members (excludes halogenated alkanes) is 5. The Kier molecular flexibility index (Phi) is 6.99. The summed E-state index contributed by atoms with van der Waals surface area (Å²) in [4.78, 5) is 23.2. The smallest absolute Gasteiger partial charge is 0.309 e. The van der Waals surface area contributed by atoms with Crippen LogP contribution >= 0.6 is 0 Å². The van der Waals surface area contributed by atoms with Crippen molar-refractivity contribution >= 4 is 11.8 Å². The molecule has 0 aromatic heterocycles. The van der Waals surface area contributed by atoms with Crippen molar-refractivity contribution in [3.63, 3.8) is 0 Å².